The van der Waals surface area contributed by atoms with Gasteiger partial charge >= 0.3 is 0 Å². The summed E-state index contributed by atoms with van der Waals surface area (Å²) in [6.45, 7) is 9.34. The van der Waals surface area contributed by atoms with Crippen molar-refractivity contribution in [2.24, 2.45) is 0 Å². The van der Waals surface area contributed by atoms with Crippen LogP contribution < -0.4 is 4.57 Å². The Morgan fingerprint density at radius 2 is 1.11 bits per heavy atom. The molecule has 1 heterocycles. The summed E-state index contributed by atoms with van der Waals surface area (Å²) in [4.78, 5) is 0. The molecule has 0 N–H and O–H groups in total. The van der Waals surface area contributed by atoms with Crippen LogP contribution in [0.5, 0.6) is 0 Å². The summed E-state index contributed by atoms with van der Waals surface area (Å²) in [7, 11) is 0. The number of hydrogen-bond donors (Lipinski definition) is 0. The molecule has 2 nitrogen and oxygen atoms in total. The number of unbranched alkanes of at least 4 members (excludes halogenated alkanes) is 14. The molecule has 0 radical (unpaired) electrons. The van der Waals surface area contributed by atoms with E-state index in [0.29, 0.717) is 0 Å². The Balaban J connectivity index is 2.25. The lowest BCUT2D eigenvalue weighted by Gasteiger charge is -2.06. The zero-order valence-electron chi connectivity index (χ0n) is 19.7. The molecule has 0 aliphatic carbocycles. The maximum atomic E-state index is 2.56. The molecule has 0 fully saturated rings. The Kier molecular flexibility index (Phi) is 16.5. The summed E-state index contributed by atoms with van der Waals surface area (Å²) in [5.41, 5.74) is 0. The molecule has 28 heavy (non-hydrogen) atoms. The molecule has 0 aromatic carbocycles. The van der Waals surface area contributed by atoms with E-state index < -0.39 is 0 Å². The van der Waals surface area contributed by atoms with Gasteiger partial charge in [0.15, 0.2) is 0 Å². The van der Waals surface area contributed by atoms with Crippen LogP contribution in [0.15, 0.2) is 12.4 Å². The Morgan fingerprint density at radius 1 is 0.607 bits per heavy atom. The largest absolute Gasteiger partial charge is 0.256 e. The first-order valence-electron chi connectivity index (χ1n) is 12.9. The average molecular weight is 392 g/mol. The average Bonchev–Trinajstić information content (AvgIpc) is 3.09. The van der Waals surface area contributed by atoms with E-state index in [1.807, 2.05) is 0 Å². The minimum atomic E-state index is 1.22. The number of rotatable bonds is 20. The van der Waals surface area contributed by atoms with Gasteiger partial charge in [-0.05, 0) is 32.1 Å². The van der Waals surface area contributed by atoms with Gasteiger partial charge < -0.3 is 0 Å². The highest BCUT2D eigenvalue weighted by Gasteiger charge is 2.15. The quantitative estimate of drug-likeness (QED) is 0.157. The smallest absolute Gasteiger partial charge is 0.234 e. The van der Waals surface area contributed by atoms with Gasteiger partial charge in [-0.1, -0.05) is 97.8 Å². The Hall–Kier alpha value is -0.790. The van der Waals surface area contributed by atoms with Gasteiger partial charge in [0.2, 0.25) is 0 Å². The molecule has 0 bridgehead atoms. The minimum absolute atomic E-state index is 1.22. The summed E-state index contributed by atoms with van der Waals surface area (Å²) in [6, 6.07) is 0. The predicted octanol–water partition coefficient (Wildman–Crippen LogP) is 8.01. The third-order valence-electron chi connectivity index (χ3n) is 6.10. The van der Waals surface area contributed by atoms with Gasteiger partial charge in [0, 0.05) is 6.42 Å². The van der Waals surface area contributed by atoms with Crippen molar-refractivity contribution in [1.82, 2.24) is 4.57 Å². The van der Waals surface area contributed by atoms with Gasteiger partial charge in [-0.15, -0.1) is 0 Å². The van der Waals surface area contributed by atoms with E-state index in [-0.39, 0.29) is 0 Å². The molecule has 164 valence electrons. The first-order chi connectivity index (χ1) is 13.8. The van der Waals surface area contributed by atoms with Gasteiger partial charge in [-0.3, -0.25) is 0 Å². The third kappa shape index (κ3) is 11.9. The van der Waals surface area contributed by atoms with Crippen LogP contribution in [-0.4, -0.2) is 4.57 Å². The van der Waals surface area contributed by atoms with E-state index in [0.717, 1.165) is 0 Å². The van der Waals surface area contributed by atoms with Crippen LogP contribution in [0.3, 0.4) is 0 Å². The van der Waals surface area contributed by atoms with Crippen LogP contribution in [0.1, 0.15) is 136 Å². The standard InChI is InChI=1S/C26H51N2/c1-4-7-10-12-13-14-15-16-18-20-23-28-25-24-27(26(28)21-9-6-3)22-19-17-11-8-5-2/h24-25H,4-23H2,1-3H3/q+1. The van der Waals surface area contributed by atoms with Crippen LogP contribution in [0.4, 0.5) is 0 Å². The summed E-state index contributed by atoms with van der Waals surface area (Å²) in [5, 5.41) is 0. The molecule has 0 aliphatic rings. The second-order valence-corrected chi connectivity index (χ2v) is 8.80. The topological polar surface area (TPSA) is 8.81 Å². The Bertz CT molecular complexity index is 449. The molecule has 0 saturated carbocycles. The SMILES string of the molecule is CCCCCCCCCCCCn1cc[n+](CCCCCCC)c1CCCC. The Morgan fingerprint density at radius 3 is 1.68 bits per heavy atom. The van der Waals surface area contributed by atoms with Gasteiger partial charge in [0.1, 0.15) is 12.4 Å². The predicted molar refractivity (Wildman–Crippen MR) is 124 cm³/mol. The molecule has 0 spiro atoms. The van der Waals surface area contributed by atoms with Gasteiger partial charge in [0.05, 0.1) is 13.1 Å². The zero-order valence-corrected chi connectivity index (χ0v) is 19.7. The van der Waals surface area contributed by atoms with Crippen molar-refractivity contribution < 1.29 is 4.57 Å². The normalized spacial score (nSPS) is 11.4. The van der Waals surface area contributed by atoms with Crippen molar-refractivity contribution in [3.63, 3.8) is 0 Å². The number of imidazole rings is 1. The molecule has 1 aromatic rings. The summed E-state index contributed by atoms with van der Waals surface area (Å²) >= 11 is 0. The third-order valence-corrected chi connectivity index (χ3v) is 6.10. The number of aromatic nitrogens is 2. The highest BCUT2D eigenvalue weighted by atomic mass is 15.1. The minimum Gasteiger partial charge on any atom is -0.234 e. The van der Waals surface area contributed by atoms with Crippen molar-refractivity contribution in [3.05, 3.63) is 18.2 Å². The van der Waals surface area contributed by atoms with Crippen LogP contribution in [0.25, 0.3) is 0 Å². The fourth-order valence-electron chi connectivity index (χ4n) is 4.18. The van der Waals surface area contributed by atoms with Gasteiger partial charge in [-0.2, -0.15) is 0 Å². The maximum Gasteiger partial charge on any atom is 0.256 e. The molecule has 0 atom stereocenters. The van der Waals surface area contributed by atoms with Gasteiger partial charge in [0.25, 0.3) is 5.82 Å². The molecule has 1 rings (SSSR count). The zero-order chi connectivity index (χ0) is 20.3. The van der Waals surface area contributed by atoms with Crippen LogP contribution in [0, 0.1) is 0 Å². The summed E-state index contributed by atoms with van der Waals surface area (Å²) in [5.74, 6) is 1.58. The van der Waals surface area contributed by atoms with Crippen molar-refractivity contribution in [3.8, 4) is 0 Å². The van der Waals surface area contributed by atoms with Gasteiger partial charge in [-0.25, -0.2) is 9.13 Å². The first kappa shape index (κ1) is 25.2. The molecule has 2 heteroatoms. The number of hydrogen-bond acceptors (Lipinski definition) is 0. The van der Waals surface area contributed by atoms with Crippen LogP contribution in [-0.2, 0) is 19.5 Å². The first-order valence-corrected chi connectivity index (χ1v) is 12.9. The van der Waals surface area contributed by atoms with E-state index in [9.17, 15) is 0 Å². The van der Waals surface area contributed by atoms with E-state index in [4.69, 9.17) is 0 Å². The van der Waals surface area contributed by atoms with E-state index in [1.165, 1.54) is 129 Å². The molecular formula is C26H51N2+. The Labute approximate surface area is 177 Å². The molecule has 0 amide bonds. The number of aryl methyl sites for hydroxylation is 2. The lowest BCUT2D eigenvalue weighted by atomic mass is 10.1. The van der Waals surface area contributed by atoms with Crippen molar-refractivity contribution >= 4 is 0 Å². The molecule has 0 saturated heterocycles. The van der Waals surface area contributed by atoms with Crippen LogP contribution in [0.2, 0.25) is 0 Å². The monoisotopic (exact) mass is 391 g/mol. The van der Waals surface area contributed by atoms with E-state index in [2.05, 4.69) is 42.3 Å². The summed E-state index contributed by atoms with van der Waals surface area (Å²) < 4.78 is 5.12. The second-order valence-electron chi connectivity index (χ2n) is 8.80. The van der Waals surface area contributed by atoms with Crippen molar-refractivity contribution in [1.29, 1.82) is 0 Å². The number of nitrogens with zero attached hydrogens (tertiary/aromatic N) is 2. The highest BCUT2D eigenvalue weighted by molar-refractivity contribution is 4.84. The second kappa shape index (κ2) is 18.3. The van der Waals surface area contributed by atoms with Crippen molar-refractivity contribution in [2.45, 2.75) is 149 Å². The van der Waals surface area contributed by atoms with Crippen molar-refractivity contribution in [2.75, 3.05) is 0 Å². The van der Waals surface area contributed by atoms with Crippen LogP contribution >= 0.6 is 0 Å². The molecule has 0 unspecified atom stereocenters. The van der Waals surface area contributed by atoms with E-state index >= 15 is 0 Å². The fourth-order valence-corrected chi connectivity index (χ4v) is 4.18. The fraction of sp³-hybridized carbons (Fsp3) is 0.885. The molecule has 1 aromatic heterocycles. The van der Waals surface area contributed by atoms with E-state index in [1.54, 1.807) is 5.82 Å². The molecule has 0 aliphatic heterocycles. The molecular weight excluding hydrogens is 340 g/mol. The lowest BCUT2D eigenvalue weighted by molar-refractivity contribution is -0.704. The maximum absolute atomic E-state index is 2.56. The highest BCUT2D eigenvalue weighted by Crippen LogP contribution is 2.12. The lowest BCUT2D eigenvalue weighted by Crippen LogP contribution is -2.37. The summed E-state index contributed by atoms with van der Waals surface area (Å²) in [6.07, 6.45) is 29.6.